The maximum Gasteiger partial charge on any atom is 0.439 e. The van der Waals surface area contributed by atoms with Crippen molar-refractivity contribution in [1.82, 2.24) is 20.1 Å². The van der Waals surface area contributed by atoms with E-state index in [0.29, 0.717) is 5.78 Å². The van der Waals surface area contributed by atoms with Gasteiger partial charge in [0.1, 0.15) is 7.05 Å². The Morgan fingerprint density at radius 3 is 2.29 bits per heavy atom. The molecule has 17 heavy (non-hydrogen) atoms. The first-order valence-electron chi connectivity index (χ1n) is 4.36. The molecule has 0 aliphatic heterocycles. The minimum Gasteiger partial charge on any atom is -0.222 e. The second-order valence-corrected chi connectivity index (χ2v) is 3.95. The minimum absolute atomic E-state index is 0.639. The van der Waals surface area contributed by atoms with Crippen molar-refractivity contribution >= 4 is 5.78 Å². The molecule has 0 spiro atoms. The summed E-state index contributed by atoms with van der Waals surface area (Å²) in [5.41, 5.74) is 2.20. The fraction of sp³-hybridized carbons (Fsp3) is 0.429. The van der Waals surface area contributed by atoms with Gasteiger partial charge in [-0.25, -0.2) is 18.6 Å². The van der Waals surface area contributed by atoms with E-state index in [0.717, 1.165) is 11.3 Å². The van der Waals surface area contributed by atoms with Crippen molar-refractivity contribution in [2.24, 2.45) is 7.05 Å². The van der Waals surface area contributed by atoms with Crippen molar-refractivity contribution in [1.29, 1.82) is 0 Å². The van der Waals surface area contributed by atoms with E-state index in [9.17, 15) is 0 Å². The van der Waals surface area contributed by atoms with Crippen LogP contribution >= 0.6 is 0 Å². The molecule has 0 saturated carbocycles. The molecule has 0 fully saturated rings. The van der Waals surface area contributed by atoms with Crippen LogP contribution < -0.4 is 23.2 Å². The summed E-state index contributed by atoms with van der Waals surface area (Å²) in [5, 5.41) is 8.21. The smallest absolute Gasteiger partial charge is 0.222 e. The van der Waals surface area contributed by atoms with Gasteiger partial charge in [0.2, 0.25) is 0 Å². The predicted molar refractivity (Wildman–Crippen MR) is 41.4 cm³/mol. The van der Waals surface area contributed by atoms with E-state index in [-0.39, 0.29) is 0 Å². The summed E-state index contributed by atoms with van der Waals surface area (Å²) in [6, 6.07) is 0. The van der Waals surface area contributed by atoms with E-state index in [2.05, 4.69) is 15.3 Å². The van der Waals surface area contributed by atoms with Crippen LogP contribution in [0.4, 0.5) is 0 Å². The minimum atomic E-state index is -4.94. The van der Waals surface area contributed by atoms with Crippen molar-refractivity contribution in [2.45, 2.75) is 13.8 Å². The zero-order chi connectivity index (χ0) is 13.2. The van der Waals surface area contributed by atoms with Crippen LogP contribution in [0.3, 0.4) is 0 Å². The molecular weight excluding hydrogens is 254 g/mol. The summed E-state index contributed by atoms with van der Waals surface area (Å²) >= 11 is 0. The molecule has 2 rings (SSSR count). The average Bonchev–Trinajstić information content (AvgIpc) is 2.51. The molecule has 0 atom stereocenters. The van der Waals surface area contributed by atoms with Crippen LogP contribution in [0.1, 0.15) is 11.3 Å². The number of hydrogen-bond acceptors (Lipinski definition) is 7. The number of halogens is 1. The van der Waals surface area contributed by atoms with Gasteiger partial charge < -0.3 is 0 Å². The number of rotatable bonds is 0. The largest absolute Gasteiger partial charge is 0.439 e. The molecule has 0 N–H and O–H groups in total. The molecular formula is C7H10ClN5O4. The van der Waals surface area contributed by atoms with Gasteiger partial charge in [0.05, 0.1) is 17.0 Å². The van der Waals surface area contributed by atoms with E-state index >= 15 is 0 Å². The van der Waals surface area contributed by atoms with E-state index in [4.69, 9.17) is 18.6 Å². The van der Waals surface area contributed by atoms with Crippen LogP contribution in [0.2, 0.25) is 0 Å². The van der Waals surface area contributed by atoms with E-state index in [1.807, 2.05) is 13.8 Å². The van der Waals surface area contributed by atoms with Crippen LogP contribution in [-0.4, -0.2) is 20.1 Å². The van der Waals surface area contributed by atoms with Gasteiger partial charge in [-0.3, -0.25) is 0 Å². The number of aromatic nitrogens is 5. The van der Waals surface area contributed by atoms with Gasteiger partial charge in [0.25, 0.3) is 0 Å². The lowest BCUT2D eigenvalue weighted by atomic mass is 10.3. The third-order valence-electron chi connectivity index (χ3n) is 1.90. The van der Waals surface area contributed by atoms with Crippen LogP contribution in [0.5, 0.6) is 0 Å². The Kier molecular flexibility index (Phi) is 3.91. The van der Waals surface area contributed by atoms with E-state index < -0.39 is 10.2 Å². The monoisotopic (exact) mass is 263 g/mol. The Hall–Kier alpha value is -1.39. The van der Waals surface area contributed by atoms with Crippen LogP contribution in [0.25, 0.3) is 5.78 Å². The van der Waals surface area contributed by atoms with Crippen molar-refractivity contribution in [2.75, 3.05) is 0 Å². The number of aryl methyl sites for hydroxylation is 3. The van der Waals surface area contributed by atoms with E-state index in [1.54, 1.807) is 17.8 Å². The lowest BCUT2D eigenvalue weighted by Crippen LogP contribution is -2.68. The van der Waals surface area contributed by atoms with Gasteiger partial charge in [-0.1, -0.05) is 9.31 Å². The zero-order valence-corrected chi connectivity index (χ0v) is 10.1. The molecule has 0 aliphatic carbocycles. The highest BCUT2D eigenvalue weighted by Crippen LogP contribution is 1.97. The molecule has 0 bridgehead atoms. The van der Waals surface area contributed by atoms with E-state index in [1.165, 1.54) is 4.80 Å². The third kappa shape index (κ3) is 4.17. The highest BCUT2D eigenvalue weighted by Gasteiger charge is 2.12. The molecule has 0 unspecified atom stereocenters. The highest BCUT2D eigenvalue weighted by atomic mass is 35.7. The Morgan fingerprint density at radius 1 is 1.24 bits per heavy atom. The first kappa shape index (κ1) is 13.7. The SMILES string of the molecule is Cc1cnc2nn(C)n[n+]2c1C.[O-][Cl+3]([O-])([O-])[O-]. The van der Waals surface area contributed by atoms with Gasteiger partial charge in [-0.15, -0.1) is 15.2 Å². The third-order valence-corrected chi connectivity index (χ3v) is 1.90. The molecule has 9 nitrogen and oxygen atoms in total. The molecule has 2 aromatic rings. The molecule has 0 amide bonds. The average molecular weight is 264 g/mol. The summed E-state index contributed by atoms with van der Waals surface area (Å²) in [4.78, 5) is 5.64. The first-order chi connectivity index (χ1) is 7.68. The molecule has 2 heterocycles. The summed E-state index contributed by atoms with van der Waals surface area (Å²) < 4.78 is 35.7. The standard InChI is InChI=1S/C7H10N5.ClHO4/c1-5-4-8-7-9-11(3)10-12(7)6(5)2;2-1(3,4)5/h4H,1-3H3;(H,2,3,4,5)/q+1;/p-1. The maximum absolute atomic E-state index is 8.49. The molecule has 0 aliphatic rings. The van der Waals surface area contributed by atoms with Crippen molar-refractivity contribution in [3.05, 3.63) is 17.5 Å². The Labute approximate surface area is 98.3 Å². The normalized spacial score (nSPS) is 11.2. The van der Waals surface area contributed by atoms with Crippen LogP contribution in [0.15, 0.2) is 6.20 Å². The molecule has 94 valence electrons. The fourth-order valence-electron chi connectivity index (χ4n) is 1.07. The second-order valence-electron chi connectivity index (χ2n) is 3.20. The quantitative estimate of drug-likeness (QED) is 0.433. The van der Waals surface area contributed by atoms with Crippen molar-refractivity contribution < 1.29 is 33.4 Å². The highest BCUT2D eigenvalue weighted by molar-refractivity contribution is 5.17. The molecule has 10 heteroatoms. The zero-order valence-electron chi connectivity index (χ0n) is 9.32. The summed E-state index contributed by atoms with van der Waals surface area (Å²) in [5.74, 6) is 0.639. The van der Waals surface area contributed by atoms with Crippen molar-refractivity contribution in [3.8, 4) is 0 Å². The summed E-state index contributed by atoms with van der Waals surface area (Å²) in [6.45, 7) is 4.00. The van der Waals surface area contributed by atoms with Gasteiger partial charge in [-0.05, 0) is 13.8 Å². The van der Waals surface area contributed by atoms with Crippen LogP contribution in [-0.2, 0) is 7.05 Å². The molecule has 2 aromatic heterocycles. The lowest BCUT2D eigenvalue weighted by molar-refractivity contribution is -2.00. The number of hydrogen-bond donors (Lipinski definition) is 0. The topological polar surface area (TPSA) is 140 Å². The Balaban J connectivity index is 0.000000249. The van der Waals surface area contributed by atoms with Crippen LogP contribution in [0, 0.1) is 24.1 Å². The van der Waals surface area contributed by atoms with Gasteiger partial charge in [0, 0.05) is 10.8 Å². The molecule has 0 saturated heterocycles. The predicted octanol–water partition coefficient (Wildman–Crippen LogP) is -5.19. The number of nitrogens with zero attached hydrogens (tertiary/aromatic N) is 5. The Morgan fingerprint density at radius 2 is 1.76 bits per heavy atom. The van der Waals surface area contributed by atoms with Gasteiger partial charge >= 0.3 is 5.78 Å². The summed E-state index contributed by atoms with van der Waals surface area (Å²) in [7, 11) is -3.16. The first-order valence-corrected chi connectivity index (χ1v) is 5.59. The van der Waals surface area contributed by atoms with Gasteiger partial charge in [0.15, 0.2) is 0 Å². The molecule has 0 radical (unpaired) electrons. The second kappa shape index (κ2) is 4.85. The summed E-state index contributed by atoms with van der Waals surface area (Å²) in [6.07, 6.45) is 1.80. The van der Waals surface area contributed by atoms with Crippen molar-refractivity contribution in [3.63, 3.8) is 0 Å². The fourth-order valence-corrected chi connectivity index (χ4v) is 1.07. The Bertz CT molecular complexity index is 517. The maximum atomic E-state index is 8.49. The molecule has 0 aromatic carbocycles. The van der Waals surface area contributed by atoms with Gasteiger partial charge in [-0.2, -0.15) is 0 Å². The lowest BCUT2D eigenvalue weighted by Gasteiger charge is -2.17. The number of fused-ring (bicyclic) bond motifs is 1. The number of tetrazole rings is 1.